The quantitative estimate of drug-likeness (QED) is 0.354. The van der Waals surface area contributed by atoms with E-state index in [1.165, 1.54) is 0 Å². The van der Waals surface area contributed by atoms with Gasteiger partial charge >= 0.3 is 0 Å². The van der Waals surface area contributed by atoms with Crippen molar-refractivity contribution in [2.24, 2.45) is 5.50 Å². The Morgan fingerprint density at radius 1 is 1.67 bits per heavy atom. The molecule has 0 saturated carbocycles. The van der Waals surface area contributed by atoms with Gasteiger partial charge in [0.15, 0.2) is 0 Å². The lowest BCUT2D eigenvalue weighted by molar-refractivity contribution is 0.528. The van der Waals surface area contributed by atoms with Gasteiger partial charge in [0.1, 0.15) is 0 Å². The Morgan fingerprint density at radius 2 is 2.00 bits per heavy atom. The molecule has 0 unspecified atom stereocenters. The van der Waals surface area contributed by atoms with E-state index in [1.54, 1.807) is 0 Å². The summed E-state index contributed by atoms with van der Waals surface area (Å²) < 4.78 is 10.2. The molecule has 0 spiro atoms. The van der Waals surface area contributed by atoms with E-state index in [9.17, 15) is 4.57 Å². The van der Waals surface area contributed by atoms with E-state index < -0.39 is 7.59 Å². The molecule has 36 valence electrons. The molecule has 1 aliphatic rings. The van der Waals surface area contributed by atoms with E-state index in [1.807, 2.05) is 0 Å². The van der Waals surface area contributed by atoms with Crippen LogP contribution in [0, 0.1) is 0 Å². The lowest BCUT2D eigenvalue weighted by Crippen LogP contribution is -2.44. The Morgan fingerprint density at radius 3 is 2.00 bits per heavy atom. The molecule has 6 heavy (non-hydrogen) atoms. The third kappa shape index (κ3) is 0.604. The van der Waals surface area contributed by atoms with Crippen LogP contribution < -0.4 is 15.7 Å². The summed E-state index contributed by atoms with van der Waals surface area (Å²) in [4.78, 5) is 0. The van der Waals surface area contributed by atoms with Crippen LogP contribution in [-0.2, 0) is 4.57 Å². The van der Waals surface area contributed by atoms with E-state index in [2.05, 4.69) is 10.2 Å². The summed E-state index contributed by atoms with van der Waals surface area (Å²) in [5.74, 6) is 0. The summed E-state index contributed by atoms with van der Waals surface area (Å²) in [7, 11) is -2.47. The number of hydrogen-bond donors (Lipinski definition) is 3. The monoisotopic (exact) mass is 107 g/mol. The zero-order chi connectivity index (χ0) is 4.62. The van der Waals surface area contributed by atoms with Crippen LogP contribution in [0.2, 0.25) is 0 Å². The summed E-state index contributed by atoms with van der Waals surface area (Å²) in [5, 5.41) is 5.01. The van der Waals surface area contributed by atoms with Crippen molar-refractivity contribution in [3.8, 4) is 0 Å². The summed E-state index contributed by atoms with van der Waals surface area (Å²) in [6.45, 7) is 0.577. The van der Waals surface area contributed by atoms with Crippen LogP contribution in [0.4, 0.5) is 0 Å². The maximum atomic E-state index is 10.2. The first kappa shape index (κ1) is 4.27. The Bertz CT molecular complexity index is 93.0. The number of nitrogens with one attached hydrogen (secondary N) is 2. The van der Waals surface area contributed by atoms with Crippen molar-refractivity contribution >= 4 is 7.59 Å². The smallest absolute Gasteiger partial charge is 0.271 e. The molecule has 0 radical (unpaired) electrons. The average molecular weight is 107 g/mol. The highest BCUT2D eigenvalue weighted by Gasteiger charge is 2.21. The van der Waals surface area contributed by atoms with Gasteiger partial charge in [0, 0.05) is 0 Å². The van der Waals surface area contributed by atoms with Gasteiger partial charge in [0.2, 0.25) is 0 Å². The van der Waals surface area contributed by atoms with Gasteiger partial charge in [0.25, 0.3) is 7.59 Å². The first-order valence-corrected chi connectivity index (χ1v) is 3.37. The summed E-state index contributed by atoms with van der Waals surface area (Å²) in [6, 6.07) is 0. The molecule has 4 N–H and O–H groups in total. The molecule has 1 heterocycles. The van der Waals surface area contributed by atoms with Crippen molar-refractivity contribution in [2.45, 2.75) is 0 Å². The molecule has 0 amide bonds. The molecule has 0 aliphatic carbocycles. The SMILES string of the molecule is NP1(=O)NCN1. The highest BCUT2D eigenvalue weighted by molar-refractivity contribution is 7.58. The minimum absolute atomic E-state index is 0.577. The van der Waals surface area contributed by atoms with Crippen LogP contribution in [0.5, 0.6) is 0 Å². The van der Waals surface area contributed by atoms with E-state index in [0.29, 0.717) is 6.67 Å². The largest absolute Gasteiger partial charge is 0.278 e. The Labute approximate surface area is 35.6 Å². The lowest BCUT2D eigenvalue weighted by Gasteiger charge is -2.24. The summed E-state index contributed by atoms with van der Waals surface area (Å²) >= 11 is 0. The van der Waals surface area contributed by atoms with Gasteiger partial charge in [-0.3, -0.25) is 10.1 Å². The van der Waals surface area contributed by atoms with Crippen LogP contribution in [0.25, 0.3) is 0 Å². The van der Waals surface area contributed by atoms with Crippen molar-refractivity contribution in [1.29, 1.82) is 0 Å². The second-order valence-electron chi connectivity index (χ2n) is 1.15. The van der Waals surface area contributed by atoms with Gasteiger partial charge in [-0.1, -0.05) is 0 Å². The van der Waals surface area contributed by atoms with Crippen molar-refractivity contribution in [2.75, 3.05) is 6.67 Å². The average Bonchev–Trinajstić information content (AvgIpc) is 1.32. The Hall–Kier alpha value is 0.110. The van der Waals surface area contributed by atoms with Gasteiger partial charge in [-0.25, -0.2) is 10.2 Å². The van der Waals surface area contributed by atoms with Gasteiger partial charge in [-0.15, -0.1) is 0 Å². The molecule has 1 saturated heterocycles. The molecule has 5 heteroatoms. The summed E-state index contributed by atoms with van der Waals surface area (Å²) in [5.41, 5.74) is 4.95. The molecular formula is CH6N3OP. The van der Waals surface area contributed by atoms with E-state index in [0.717, 1.165) is 0 Å². The highest BCUT2D eigenvalue weighted by Crippen LogP contribution is 2.29. The summed E-state index contributed by atoms with van der Waals surface area (Å²) in [6.07, 6.45) is 0. The number of rotatable bonds is 0. The van der Waals surface area contributed by atoms with Crippen LogP contribution in [0.15, 0.2) is 0 Å². The van der Waals surface area contributed by atoms with Gasteiger partial charge < -0.3 is 0 Å². The van der Waals surface area contributed by atoms with Crippen molar-refractivity contribution in [3.05, 3.63) is 0 Å². The van der Waals surface area contributed by atoms with Crippen molar-refractivity contribution < 1.29 is 4.57 Å². The second-order valence-corrected chi connectivity index (χ2v) is 3.10. The van der Waals surface area contributed by atoms with Crippen molar-refractivity contribution in [1.82, 2.24) is 10.2 Å². The molecule has 0 atom stereocenters. The van der Waals surface area contributed by atoms with Crippen LogP contribution >= 0.6 is 7.59 Å². The maximum absolute atomic E-state index is 10.2. The van der Waals surface area contributed by atoms with Crippen LogP contribution in [-0.4, -0.2) is 6.67 Å². The zero-order valence-corrected chi connectivity index (χ0v) is 4.03. The Balaban J connectivity index is 2.53. The molecule has 0 bridgehead atoms. The third-order valence-corrected chi connectivity index (χ3v) is 1.88. The molecule has 0 aromatic rings. The number of hydrogen-bond acceptors (Lipinski definition) is 1. The molecule has 1 rings (SSSR count). The molecule has 4 nitrogen and oxygen atoms in total. The van der Waals surface area contributed by atoms with Crippen LogP contribution in [0.1, 0.15) is 0 Å². The van der Waals surface area contributed by atoms with E-state index in [4.69, 9.17) is 5.50 Å². The van der Waals surface area contributed by atoms with Gasteiger partial charge in [-0.05, 0) is 0 Å². The first-order valence-electron chi connectivity index (χ1n) is 1.60. The standard InChI is InChI=1S/CH6N3OP/c2-6(5)3-1-4-6/h1H2,(H4,2,3,4,5). The predicted molar refractivity (Wildman–Crippen MR) is 22.9 cm³/mol. The molecule has 0 aromatic carbocycles. The second kappa shape index (κ2) is 1.04. The maximum Gasteiger partial charge on any atom is 0.278 e. The highest BCUT2D eigenvalue weighted by atomic mass is 31.2. The molecule has 1 aliphatic heterocycles. The fourth-order valence-electron chi connectivity index (χ4n) is 0.235. The number of nitrogens with two attached hydrogens (primary N) is 1. The molecule has 0 aromatic heterocycles. The first-order chi connectivity index (χ1) is 2.71. The van der Waals surface area contributed by atoms with E-state index >= 15 is 0 Å². The predicted octanol–water partition coefficient (Wildman–Crippen LogP) is -0.797. The van der Waals surface area contributed by atoms with E-state index in [-0.39, 0.29) is 0 Å². The molecular weight excluding hydrogens is 101 g/mol. The minimum Gasteiger partial charge on any atom is -0.271 e. The van der Waals surface area contributed by atoms with Gasteiger partial charge in [-0.2, -0.15) is 0 Å². The fourth-order valence-corrected chi connectivity index (χ4v) is 0.705. The minimum atomic E-state index is -2.47. The topological polar surface area (TPSA) is 67.2 Å². The zero-order valence-electron chi connectivity index (χ0n) is 3.14. The van der Waals surface area contributed by atoms with Crippen molar-refractivity contribution in [3.63, 3.8) is 0 Å². The lowest BCUT2D eigenvalue weighted by atomic mass is 11.3. The van der Waals surface area contributed by atoms with Crippen LogP contribution in [0.3, 0.4) is 0 Å². The third-order valence-electron chi connectivity index (χ3n) is 0.628. The fraction of sp³-hybridized carbons (Fsp3) is 1.00. The normalized spacial score (nSPS) is 28.8. The Kier molecular flexibility index (Phi) is 0.741. The molecule has 1 fully saturated rings. The van der Waals surface area contributed by atoms with Gasteiger partial charge in [0.05, 0.1) is 6.67 Å².